The molecule has 1 spiro atoms. The van der Waals surface area contributed by atoms with Gasteiger partial charge < -0.3 is 14.4 Å². The van der Waals surface area contributed by atoms with Crippen LogP contribution in [0.2, 0.25) is 0 Å². The predicted molar refractivity (Wildman–Crippen MR) is 141 cm³/mol. The number of methoxy groups -OCH3 is 2. The first-order valence-corrected chi connectivity index (χ1v) is 13.2. The molecule has 1 amide bonds. The first-order chi connectivity index (χ1) is 16.4. The highest BCUT2D eigenvalue weighted by Gasteiger charge is 2.58. The van der Waals surface area contributed by atoms with E-state index < -0.39 is 21.6 Å². The van der Waals surface area contributed by atoms with E-state index in [1.54, 1.807) is 11.8 Å². The van der Waals surface area contributed by atoms with Gasteiger partial charge in [-0.15, -0.1) is 11.8 Å². The van der Waals surface area contributed by atoms with Crippen molar-refractivity contribution in [1.29, 1.82) is 0 Å². The summed E-state index contributed by atoms with van der Waals surface area (Å²) < 4.78 is 8.93. The summed E-state index contributed by atoms with van der Waals surface area (Å²) in [7, 11) is 2.57. The van der Waals surface area contributed by atoms with E-state index in [2.05, 4.69) is 0 Å². The molecular formula is C25H25NO6S3. The fourth-order valence-corrected chi connectivity index (χ4v) is 9.79. The summed E-state index contributed by atoms with van der Waals surface area (Å²) in [6, 6.07) is 5.83. The lowest BCUT2D eigenvalue weighted by Gasteiger charge is -2.50. The van der Waals surface area contributed by atoms with Crippen LogP contribution in [0.25, 0.3) is 5.57 Å². The van der Waals surface area contributed by atoms with Crippen molar-refractivity contribution in [3.63, 3.8) is 0 Å². The van der Waals surface area contributed by atoms with Gasteiger partial charge in [-0.25, -0.2) is 9.59 Å². The Hall–Kier alpha value is -2.43. The molecule has 0 radical (unpaired) electrons. The Balaban J connectivity index is 2.12. The van der Waals surface area contributed by atoms with E-state index in [0.717, 1.165) is 33.4 Å². The topological polar surface area (TPSA) is 90.0 Å². The number of carbonyl (C=O) groups is 4. The van der Waals surface area contributed by atoms with Crippen LogP contribution in [0.3, 0.4) is 0 Å². The molecule has 0 aromatic heterocycles. The summed E-state index contributed by atoms with van der Waals surface area (Å²) in [4.78, 5) is 54.9. The smallest absolute Gasteiger partial charge is 0.345 e. The fraction of sp³-hybridized carbons (Fsp3) is 0.360. The van der Waals surface area contributed by atoms with Crippen LogP contribution in [0.4, 0.5) is 5.69 Å². The van der Waals surface area contributed by atoms with E-state index in [1.165, 1.54) is 44.7 Å². The van der Waals surface area contributed by atoms with Gasteiger partial charge in [0.1, 0.15) is 20.2 Å². The molecule has 35 heavy (non-hydrogen) atoms. The first kappa shape index (κ1) is 25.7. The number of esters is 2. The van der Waals surface area contributed by atoms with E-state index in [-0.39, 0.29) is 16.4 Å². The van der Waals surface area contributed by atoms with E-state index in [0.29, 0.717) is 21.8 Å². The molecule has 0 N–H and O–H groups in total. The Morgan fingerprint density at radius 3 is 2.20 bits per heavy atom. The summed E-state index contributed by atoms with van der Waals surface area (Å²) in [5, 5.41) is 0. The van der Waals surface area contributed by atoms with Gasteiger partial charge in [-0.05, 0) is 39.8 Å². The van der Waals surface area contributed by atoms with Crippen molar-refractivity contribution in [2.45, 2.75) is 44.2 Å². The van der Waals surface area contributed by atoms with Crippen LogP contribution in [-0.4, -0.2) is 48.0 Å². The number of carbonyl (C=O) groups excluding carboxylic acids is 4. The van der Waals surface area contributed by atoms with Crippen molar-refractivity contribution >= 4 is 70.7 Å². The van der Waals surface area contributed by atoms with E-state index in [1.807, 2.05) is 39.0 Å². The van der Waals surface area contributed by atoms with Crippen LogP contribution in [0.15, 0.2) is 43.4 Å². The molecule has 1 unspecified atom stereocenters. The quantitative estimate of drug-likeness (QED) is 0.403. The van der Waals surface area contributed by atoms with Gasteiger partial charge in [0, 0.05) is 33.4 Å². The Bertz CT molecular complexity index is 1290. The number of hydrogen-bond donors (Lipinski definition) is 0. The summed E-state index contributed by atoms with van der Waals surface area (Å²) in [5.41, 5.74) is 2.64. The SMILES string of the molecule is COC(=O)C1=C(C)SC2(S1)C(C=O)=C(C(=O)OC)SC1=C2c2cc(C)ccc2N(C(C)=O)C1(C)C. The zero-order valence-corrected chi connectivity index (χ0v) is 22.9. The number of thioether (sulfide) groups is 3. The Kier molecular flexibility index (Phi) is 6.53. The molecular weight excluding hydrogens is 506 g/mol. The Labute approximate surface area is 216 Å². The zero-order valence-electron chi connectivity index (χ0n) is 20.4. The van der Waals surface area contributed by atoms with Crippen molar-refractivity contribution in [2.24, 2.45) is 0 Å². The van der Waals surface area contributed by atoms with Gasteiger partial charge in [-0.3, -0.25) is 9.59 Å². The van der Waals surface area contributed by atoms with Gasteiger partial charge >= 0.3 is 11.9 Å². The highest BCUT2D eigenvalue weighted by Crippen LogP contribution is 2.70. The number of anilines is 1. The first-order valence-electron chi connectivity index (χ1n) is 10.7. The molecule has 0 fully saturated rings. The van der Waals surface area contributed by atoms with Crippen molar-refractivity contribution in [2.75, 3.05) is 19.1 Å². The minimum atomic E-state index is -1.14. The van der Waals surface area contributed by atoms with Gasteiger partial charge in [0.2, 0.25) is 5.91 Å². The second kappa shape index (κ2) is 8.90. The molecule has 0 aliphatic carbocycles. The molecule has 184 valence electrons. The summed E-state index contributed by atoms with van der Waals surface area (Å²) in [5.74, 6) is -1.30. The summed E-state index contributed by atoms with van der Waals surface area (Å²) >= 11 is 3.70. The third-order valence-corrected chi connectivity index (χ3v) is 10.9. The number of amides is 1. The number of hydrogen-bond acceptors (Lipinski definition) is 9. The normalized spacial score (nSPS) is 22.8. The zero-order chi connectivity index (χ0) is 25.9. The fourth-order valence-electron chi connectivity index (χ4n) is 4.75. The van der Waals surface area contributed by atoms with Crippen molar-refractivity contribution in [3.8, 4) is 0 Å². The van der Waals surface area contributed by atoms with Crippen LogP contribution in [0.5, 0.6) is 0 Å². The number of ether oxygens (including phenoxy) is 2. The molecule has 10 heteroatoms. The highest BCUT2D eigenvalue weighted by atomic mass is 32.2. The summed E-state index contributed by atoms with van der Waals surface area (Å²) in [6.07, 6.45) is 0.677. The van der Waals surface area contributed by atoms with Crippen LogP contribution in [-0.2, 0) is 28.7 Å². The lowest BCUT2D eigenvalue weighted by atomic mass is 9.83. The molecule has 0 bridgehead atoms. The maximum atomic E-state index is 12.9. The predicted octanol–water partition coefficient (Wildman–Crippen LogP) is 4.80. The minimum absolute atomic E-state index is 0.146. The van der Waals surface area contributed by atoms with Gasteiger partial charge in [-0.2, -0.15) is 0 Å². The minimum Gasteiger partial charge on any atom is -0.465 e. The van der Waals surface area contributed by atoms with Gasteiger partial charge in [0.25, 0.3) is 0 Å². The van der Waals surface area contributed by atoms with Crippen molar-refractivity contribution in [3.05, 3.63) is 54.5 Å². The second-order valence-corrected chi connectivity index (χ2v) is 12.7. The van der Waals surface area contributed by atoms with Crippen LogP contribution >= 0.6 is 35.3 Å². The second-order valence-electron chi connectivity index (χ2n) is 8.79. The maximum Gasteiger partial charge on any atom is 0.345 e. The lowest BCUT2D eigenvalue weighted by Crippen LogP contribution is -2.52. The largest absolute Gasteiger partial charge is 0.465 e. The number of aryl methyl sites for hydroxylation is 1. The maximum absolute atomic E-state index is 12.9. The Morgan fingerprint density at radius 1 is 1.00 bits per heavy atom. The van der Waals surface area contributed by atoms with Crippen LogP contribution in [0, 0.1) is 6.92 Å². The van der Waals surface area contributed by atoms with E-state index in [9.17, 15) is 19.2 Å². The number of benzene rings is 1. The van der Waals surface area contributed by atoms with Gasteiger partial charge in [0.15, 0.2) is 0 Å². The van der Waals surface area contributed by atoms with Gasteiger partial charge in [0.05, 0.1) is 25.4 Å². The van der Waals surface area contributed by atoms with E-state index in [4.69, 9.17) is 9.47 Å². The number of rotatable bonds is 3. The van der Waals surface area contributed by atoms with E-state index >= 15 is 0 Å². The molecule has 3 aliphatic heterocycles. The standard InChI is InChI=1S/C25H25NO6S3/c1-12-8-9-17-15(10-12)18-21(24(4,5)26(17)14(3)28)33-20(23(30)32-7)16(11-27)25(18)34-13(2)19(35-25)22(29)31-6/h8-11H,1-7H3. The third-order valence-electron chi connectivity index (χ3n) is 6.17. The monoisotopic (exact) mass is 531 g/mol. The lowest BCUT2D eigenvalue weighted by molar-refractivity contribution is -0.136. The molecule has 3 heterocycles. The third kappa shape index (κ3) is 3.68. The molecule has 4 rings (SSSR count). The summed E-state index contributed by atoms with van der Waals surface area (Å²) in [6.45, 7) is 9.09. The van der Waals surface area contributed by atoms with Crippen LogP contribution < -0.4 is 4.90 Å². The molecule has 1 atom stereocenters. The van der Waals surface area contributed by atoms with Crippen LogP contribution in [0.1, 0.15) is 38.8 Å². The van der Waals surface area contributed by atoms with Crippen molar-refractivity contribution in [1.82, 2.24) is 0 Å². The number of allylic oxidation sites excluding steroid dienone is 1. The highest BCUT2D eigenvalue weighted by molar-refractivity contribution is 8.26. The molecule has 0 saturated heterocycles. The average Bonchev–Trinajstić information content (AvgIpc) is 3.14. The molecule has 1 aromatic rings. The number of fused-ring (bicyclic) bond motifs is 3. The molecule has 1 aromatic carbocycles. The Morgan fingerprint density at radius 2 is 1.63 bits per heavy atom. The molecule has 0 saturated carbocycles. The number of aldehydes is 1. The molecule has 7 nitrogen and oxygen atoms in total. The average molecular weight is 532 g/mol. The van der Waals surface area contributed by atoms with Gasteiger partial charge in [-0.1, -0.05) is 35.2 Å². The molecule has 3 aliphatic rings. The van der Waals surface area contributed by atoms with Crippen molar-refractivity contribution < 1.29 is 28.7 Å². The number of nitrogens with zero attached hydrogens (tertiary/aromatic N) is 1.